The molecule has 15 nitrogen and oxygen atoms in total. The summed E-state index contributed by atoms with van der Waals surface area (Å²) in [6.45, 7) is 0. The van der Waals surface area contributed by atoms with Crippen molar-refractivity contribution in [1.29, 1.82) is 0 Å². The topological polar surface area (TPSA) is 191 Å². The molecule has 0 saturated carbocycles. The number of halogens is 4. The minimum atomic E-state index is -1.06. The summed E-state index contributed by atoms with van der Waals surface area (Å²) in [4.78, 5) is 62.1. The van der Waals surface area contributed by atoms with Crippen LogP contribution in [0.5, 0.6) is 0 Å². The van der Waals surface area contributed by atoms with Gasteiger partial charge in [-0.1, -0.05) is 126 Å². The second kappa shape index (κ2) is 29.5. The van der Waals surface area contributed by atoms with Crippen LogP contribution >= 0.6 is 0 Å². The molecular weight excluding hydrogens is 1740 g/mol. The first-order valence-electron chi connectivity index (χ1n) is 26.2. The molecule has 2 N–H and O–H groups in total. The summed E-state index contributed by atoms with van der Waals surface area (Å²) in [6, 6.07) is 56.8. The van der Waals surface area contributed by atoms with Crippen molar-refractivity contribution in [1.82, 2.24) is 49.0 Å². The first-order chi connectivity index (χ1) is 42.1. The number of hydrogen-bond acceptors (Lipinski definition) is 13. The molecule has 6 heterocycles. The van der Waals surface area contributed by atoms with Gasteiger partial charge in [0.1, 0.15) is 22.7 Å². The van der Waals surface area contributed by atoms with Crippen molar-refractivity contribution in [2.24, 2.45) is 14.1 Å². The molecule has 0 fully saturated rings. The largest absolute Gasteiger partial charge is 2.00 e. The fraction of sp³-hybridized carbons (Fsp3) is 0.0303. The van der Waals surface area contributed by atoms with Gasteiger partial charge in [-0.3, -0.25) is 32.4 Å². The van der Waals surface area contributed by atoms with E-state index in [4.69, 9.17) is 25.3 Å². The Hall–Kier alpha value is -9.10. The molecule has 0 aliphatic heterocycles. The Morgan fingerprint density at radius 1 is 0.478 bits per heavy atom. The van der Waals surface area contributed by atoms with Gasteiger partial charge in [0.2, 0.25) is 0 Å². The standard InChI is InChI=1S/C28H15F4N3.C20H14N4S2.C18H14N4O4.3Pt/c29-18-12-14-21(23(31)16-18)25-8-4-10-27(33-25)35(20-6-2-1-3-7-20)28-11-5-9-26(34-28)22-15-13-19(30)17-24(22)32;25-17-7-3-1-5-13(17)15-9-11-21-19(23-15)20-22-12-10-16(24-20)14-6-2-4-8-18(14)26;1-21-11-7-3-5-9(17(23)24)13(11)19-15(21)16-20-14-10(18(25)26)6-4-8-12(14)22(16)2;;;/h1-13,16-17H;1-12,25-26H;3-8H,1-2H3,(H,23,24)(H,25,26);;;/q-2;;;;2*+2/p-2. The molecule has 454 valence electrons. The van der Waals surface area contributed by atoms with Gasteiger partial charge < -0.3 is 44.6 Å². The van der Waals surface area contributed by atoms with E-state index in [0.717, 1.165) is 56.6 Å². The molecule has 7 aromatic carbocycles. The number of aryl methyl sites for hydroxylation is 2. The quantitative estimate of drug-likeness (QED) is 0.0706. The predicted octanol–water partition coefficient (Wildman–Crippen LogP) is 14.0. The summed E-state index contributed by atoms with van der Waals surface area (Å²) in [7, 11) is 3.54. The Morgan fingerprint density at radius 3 is 1.28 bits per heavy atom. The molecule has 0 atom stereocenters. The van der Waals surface area contributed by atoms with E-state index >= 15 is 0 Å². The van der Waals surface area contributed by atoms with E-state index in [0.29, 0.717) is 62.7 Å². The smallest absolute Gasteiger partial charge is 0.779 e. The summed E-state index contributed by atoms with van der Waals surface area (Å²) >= 11 is 10.8. The van der Waals surface area contributed by atoms with Gasteiger partial charge in [-0.15, -0.1) is 24.3 Å². The maximum Gasteiger partial charge on any atom is 2.00 e. The fourth-order valence-electron chi connectivity index (χ4n) is 9.38. The number of benzene rings is 7. The van der Waals surface area contributed by atoms with Crippen LogP contribution in [-0.2, 0) is 103 Å². The van der Waals surface area contributed by atoms with E-state index in [1.54, 1.807) is 101 Å². The number of carboxylic acid groups (broad SMARTS) is 2. The van der Waals surface area contributed by atoms with Crippen molar-refractivity contribution in [2.45, 2.75) is 9.79 Å². The van der Waals surface area contributed by atoms with Crippen molar-refractivity contribution < 1.29 is 101 Å². The number of carboxylic acids is 2. The van der Waals surface area contributed by atoms with Crippen molar-refractivity contribution in [3.8, 4) is 68.3 Å². The number of nitrogens with zero attached hydrogens (tertiary/aromatic N) is 11. The predicted molar refractivity (Wildman–Crippen MR) is 325 cm³/mol. The summed E-state index contributed by atoms with van der Waals surface area (Å²) in [6.07, 6.45) is 3.38. The number of rotatable bonds is 11. The fourth-order valence-corrected chi connectivity index (χ4v) is 9.88. The molecule has 0 radical (unpaired) electrons. The van der Waals surface area contributed by atoms with E-state index in [1.807, 2.05) is 91.0 Å². The maximum absolute atomic E-state index is 14.4. The van der Waals surface area contributed by atoms with Crippen LogP contribution in [0.25, 0.3) is 90.4 Å². The van der Waals surface area contributed by atoms with Crippen molar-refractivity contribution in [2.75, 3.05) is 4.90 Å². The van der Waals surface area contributed by atoms with Crippen molar-refractivity contribution >= 4 is 76.6 Å². The molecule has 13 rings (SSSR count). The zero-order valence-electron chi connectivity index (χ0n) is 46.5. The van der Waals surface area contributed by atoms with Gasteiger partial charge in [0.15, 0.2) is 23.3 Å². The van der Waals surface area contributed by atoms with Crippen LogP contribution in [-0.4, -0.2) is 71.2 Å². The van der Waals surface area contributed by atoms with Gasteiger partial charge in [0, 0.05) is 76.5 Å². The van der Waals surface area contributed by atoms with Gasteiger partial charge in [-0.05, 0) is 83.2 Å². The Balaban J connectivity index is 0.000000174. The summed E-state index contributed by atoms with van der Waals surface area (Å²) in [5, 5.41) is 18.8. The van der Waals surface area contributed by atoms with Gasteiger partial charge in [-0.25, -0.2) is 39.5 Å². The van der Waals surface area contributed by atoms with Crippen LogP contribution in [0.2, 0.25) is 0 Å². The van der Waals surface area contributed by atoms with Crippen LogP contribution in [0.15, 0.2) is 210 Å². The molecule has 24 heteroatoms. The second-order valence-corrected chi connectivity index (χ2v) is 19.9. The number of imidazole rings is 2. The molecule has 0 amide bonds. The molecule has 0 aliphatic rings. The normalized spacial score (nSPS) is 10.6. The Morgan fingerprint density at radius 2 is 0.878 bits per heavy atom. The zero-order chi connectivity index (χ0) is 60.9. The van der Waals surface area contributed by atoms with Crippen LogP contribution in [0.3, 0.4) is 0 Å². The molecule has 6 aromatic heterocycles. The molecule has 0 saturated heterocycles. The number of pyridine rings is 2. The average Bonchev–Trinajstić information content (AvgIpc) is 1.63. The van der Waals surface area contributed by atoms with Crippen molar-refractivity contribution in [3.63, 3.8) is 0 Å². The van der Waals surface area contributed by atoms with Gasteiger partial charge in [0.25, 0.3) is 0 Å². The maximum atomic E-state index is 14.4. The molecule has 0 bridgehead atoms. The monoisotopic (exact) mass is 1780 g/mol. The van der Waals surface area contributed by atoms with Crippen LogP contribution < -0.4 is 4.90 Å². The Labute approximate surface area is 565 Å². The third-order valence-electron chi connectivity index (χ3n) is 13.5. The number of aromatic carboxylic acids is 2. The SMILES string of the molecule is Cn1c(-c2nc3c(C(=O)O)cccc3n2C)nc2c(C(=O)O)cccc21.Fc1c[c-]c(-c2cccc(N(c3ccccc3)c3cccc(-c4[c-]cc(F)cc4F)n3)n2)c(F)c1.[Pt+2].[Pt+2].[Pt].[S-]c1ccccc1-c1ccnc(-c2nccc(-c3ccccc3[S-])n2)n1. The third kappa shape index (κ3) is 14.3. The molecule has 0 spiro atoms. The second-order valence-electron chi connectivity index (χ2n) is 19.0. The van der Waals surface area contributed by atoms with Gasteiger partial charge in [-0.2, -0.15) is 9.79 Å². The molecule has 90 heavy (non-hydrogen) atoms. The number of fused-ring (bicyclic) bond motifs is 2. The first-order valence-corrected chi connectivity index (χ1v) is 27.0. The van der Waals surface area contributed by atoms with Gasteiger partial charge in [0.05, 0.1) is 33.5 Å². The van der Waals surface area contributed by atoms with Crippen molar-refractivity contribution in [3.05, 3.63) is 247 Å². The van der Waals surface area contributed by atoms with Crippen LogP contribution in [0.4, 0.5) is 34.9 Å². The van der Waals surface area contributed by atoms with E-state index in [1.165, 1.54) is 12.1 Å². The zero-order valence-corrected chi connectivity index (χ0v) is 54.9. The van der Waals surface area contributed by atoms with Crippen LogP contribution in [0.1, 0.15) is 20.7 Å². The molecular formula is C66H41F4N11O4Pt3S2. The Bertz CT molecular complexity index is 4500. The van der Waals surface area contributed by atoms with Gasteiger partial charge >= 0.3 is 54.1 Å². The number of hydrogen-bond donors (Lipinski definition) is 2. The minimum absolute atomic E-state index is 0. The molecule has 0 aliphatic carbocycles. The third-order valence-corrected chi connectivity index (χ3v) is 14.2. The Kier molecular flexibility index (Phi) is 21.9. The summed E-state index contributed by atoms with van der Waals surface area (Å²) in [5.74, 6) is -2.57. The average molecular weight is 1780 g/mol. The van der Waals surface area contributed by atoms with E-state index in [9.17, 15) is 37.4 Å². The number of aromatic nitrogens is 10. The number of carbonyl (C=O) groups is 2. The molecule has 13 aromatic rings. The minimum Gasteiger partial charge on any atom is -0.779 e. The summed E-state index contributed by atoms with van der Waals surface area (Å²) in [5.41, 5.74) is 6.74. The van der Waals surface area contributed by atoms with Crippen LogP contribution in [0, 0.1) is 35.4 Å². The van der Waals surface area contributed by atoms with E-state index in [2.05, 4.69) is 52.0 Å². The number of para-hydroxylation sites is 3. The number of anilines is 3. The molecule has 0 unspecified atom stereocenters. The van der Waals surface area contributed by atoms with E-state index in [-0.39, 0.29) is 96.8 Å². The van der Waals surface area contributed by atoms with E-state index < -0.39 is 35.2 Å². The first kappa shape index (κ1) is 66.8. The summed E-state index contributed by atoms with van der Waals surface area (Å²) < 4.78 is 59.1.